The predicted octanol–water partition coefficient (Wildman–Crippen LogP) is 3.11. The minimum absolute atomic E-state index is 0. The summed E-state index contributed by atoms with van der Waals surface area (Å²) in [6.07, 6.45) is 8.84. The molecule has 1 fully saturated rings. The molecule has 0 saturated carbocycles. The van der Waals surface area contributed by atoms with Gasteiger partial charge in [0.1, 0.15) is 5.92 Å². The van der Waals surface area contributed by atoms with Crippen molar-refractivity contribution in [3.63, 3.8) is 0 Å². The van der Waals surface area contributed by atoms with Gasteiger partial charge in [-0.25, -0.2) is 0 Å². The second-order valence-corrected chi connectivity index (χ2v) is 11.9. The van der Waals surface area contributed by atoms with E-state index in [9.17, 15) is 19.5 Å². The fraction of sp³-hybridized carbons (Fsp3) is 0.343. The van der Waals surface area contributed by atoms with Crippen molar-refractivity contribution in [2.24, 2.45) is 17.8 Å². The molecule has 3 aliphatic rings. The monoisotopic (exact) mass is 616 g/mol. The van der Waals surface area contributed by atoms with Gasteiger partial charge in [-0.3, -0.25) is 14.4 Å². The number of Topliss-reactive ketones (excluding diaryl/α,β-unsaturated/α-hetero) is 1. The number of ether oxygens (including phenoxy) is 1. The second-order valence-electron chi connectivity index (χ2n) is 11.9. The van der Waals surface area contributed by atoms with Crippen LogP contribution in [0.3, 0.4) is 0 Å². The van der Waals surface area contributed by atoms with Crippen LogP contribution in [0.2, 0.25) is 0 Å². The van der Waals surface area contributed by atoms with Crippen LogP contribution in [0.25, 0.3) is 29.9 Å². The molecule has 0 unspecified atom stereocenters. The Hall–Kier alpha value is -4.02. The Labute approximate surface area is 277 Å². The third kappa shape index (κ3) is 5.04. The first-order valence-electron chi connectivity index (χ1n) is 14.9. The van der Waals surface area contributed by atoms with Crippen LogP contribution in [0.5, 0.6) is 0 Å². The summed E-state index contributed by atoms with van der Waals surface area (Å²) in [6, 6.07) is 0. The van der Waals surface area contributed by atoms with Gasteiger partial charge in [0.05, 0.1) is 7.11 Å². The number of hydrogen-bond donors (Lipinski definition) is 3. The maximum atomic E-state index is 14.0. The molecular weight excluding hydrogens is 581 g/mol. The van der Waals surface area contributed by atoms with E-state index >= 15 is 0 Å². The van der Waals surface area contributed by atoms with Crippen molar-refractivity contribution in [2.45, 2.75) is 53.9 Å². The number of carbonyl (C=O) groups excluding carboxylic acids is 2. The Morgan fingerprint density at radius 3 is 2.44 bits per heavy atom. The molecule has 1 saturated heterocycles. The van der Waals surface area contributed by atoms with E-state index in [0.29, 0.717) is 40.2 Å². The Kier molecular flexibility index (Phi) is 8.67. The van der Waals surface area contributed by atoms with Gasteiger partial charge in [-0.1, -0.05) is 55.3 Å². The van der Waals surface area contributed by atoms with E-state index in [0.717, 1.165) is 56.5 Å². The summed E-state index contributed by atoms with van der Waals surface area (Å²) in [6.45, 7) is 14.1. The fourth-order valence-electron chi connectivity index (χ4n) is 7.11. The smallest absolute Gasteiger partial charge is 0.657 e. The standard InChI is InChI=1S/C35H37N4O5.Mg/c1-8-19-15(3)22-12-24-17(5)21(10-11-28(40)41)32(38-24)30-31(35(43)44-7)34(42)29-18(6)25(39-33(29)30)14-27-20(9-2)16(4)23(37-27)13-26(19)36-22;/h8,12-14,17,21,31,36H,1,9-11H2,2-7H3,(H3,38,39,40,41,42);/q-1;+2/p-1/b23-13-,24-12-,27-14-;/t17-,21-,31+;/m0./s1. The quantitative estimate of drug-likeness (QED) is 0.218. The number of aromatic nitrogens is 3. The molecule has 0 amide bonds. The third-order valence-electron chi connectivity index (χ3n) is 9.59. The minimum atomic E-state index is -1.19. The molecule has 5 heterocycles. The predicted molar refractivity (Wildman–Crippen MR) is 174 cm³/mol. The maximum Gasteiger partial charge on any atom is 2.00 e. The molecule has 45 heavy (non-hydrogen) atoms. The van der Waals surface area contributed by atoms with Crippen LogP contribution in [0.4, 0.5) is 0 Å². The number of H-pyrrole nitrogens is 1. The summed E-state index contributed by atoms with van der Waals surface area (Å²) < 4.78 is 5.13. The van der Waals surface area contributed by atoms with Crippen molar-refractivity contribution in [2.75, 3.05) is 7.11 Å². The molecular formula is C35H36MgN4O5. The van der Waals surface area contributed by atoms with E-state index in [1.807, 2.05) is 45.1 Å². The minimum Gasteiger partial charge on any atom is -0.657 e. The Bertz CT molecular complexity index is 1970. The summed E-state index contributed by atoms with van der Waals surface area (Å²) in [5, 5.41) is 14.8. The summed E-state index contributed by atoms with van der Waals surface area (Å²) in [5.74, 6) is -3.57. The Morgan fingerprint density at radius 1 is 1.07 bits per heavy atom. The summed E-state index contributed by atoms with van der Waals surface area (Å²) >= 11 is 0. The van der Waals surface area contributed by atoms with Crippen molar-refractivity contribution in [1.82, 2.24) is 20.3 Å². The third-order valence-corrected chi connectivity index (χ3v) is 9.59. The van der Waals surface area contributed by atoms with Crippen LogP contribution in [0.1, 0.15) is 87.6 Å². The van der Waals surface area contributed by atoms with E-state index in [1.54, 1.807) is 0 Å². The van der Waals surface area contributed by atoms with Crippen LogP contribution in [-0.4, -0.2) is 58.0 Å². The number of aromatic amines is 1. The average molecular weight is 617 g/mol. The first-order chi connectivity index (χ1) is 21.0. The number of rotatable bonds is 6. The molecule has 3 N–H and O–H groups in total. The molecule has 1 aliphatic carbocycles. The fourth-order valence-corrected chi connectivity index (χ4v) is 7.11. The van der Waals surface area contributed by atoms with Crippen molar-refractivity contribution in [1.29, 1.82) is 0 Å². The largest absolute Gasteiger partial charge is 2.00 e. The molecule has 10 heteroatoms. The topological polar surface area (TPSA) is 137 Å². The number of fused-ring (bicyclic) bond motifs is 7. The van der Waals surface area contributed by atoms with E-state index in [1.165, 1.54) is 7.11 Å². The molecule has 6 rings (SSSR count). The van der Waals surface area contributed by atoms with E-state index in [-0.39, 0.29) is 47.1 Å². The van der Waals surface area contributed by atoms with Crippen LogP contribution in [0, 0.1) is 38.5 Å². The zero-order valence-corrected chi connectivity index (χ0v) is 28.0. The number of carbonyl (C=O) groups is 3. The number of methoxy groups -OCH3 is 1. The first kappa shape index (κ1) is 32.4. The Morgan fingerprint density at radius 2 is 1.80 bits per heavy atom. The maximum absolute atomic E-state index is 14.0. The van der Waals surface area contributed by atoms with E-state index in [2.05, 4.69) is 30.7 Å². The van der Waals surface area contributed by atoms with Gasteiger partial charge in [0.15, 0.2) is 5.78 Å². The number of hydrogen-bond acceptors (Lipinski definition) is 5. The van der Waals surface area contributed by atoms with Crippen molar-refractivity contribution >= 4 is 70.7 Å². The number of aliphatic carboxylic acids is 1. The Balaban J connectivity index is 0.00000400. The molecule has 0 radical (unpaired) electrons. The molecule has 3 atom stereocenters. The normalized spacial score (nSPS) is 24.0. The van der Waals surface area contributed by atoms with Gasteiger partial charge in [-0.2, -0.15) is 0 Å². The molecule has 2 aliphatic heterocycles. The van der Waals surface area contributed by atoms with E-state index in [4.69, 9.17) is 14.7 Å². The molecule has 9 nitrogen and oxygen atoms in total. The molecule has 3 aromatic rings. The number of ketones is 1. The van der Waals surface area contributed by atoms with Gasteiger partial charge in [-0.15, -0.1) is 22.1 Å². The zero-order chi connectivity index (χ0) is 31.6. The van der Waals surface area contributed by atoms with Crippen molar-refractivity contribution in [3.05, 3.63) is 84.8 Å². The van der Waals surface area contributed by atoms with Gasteiger partial charge >= 0.3 is 35.0 Å². The van der Waals surface area contributed by atoms with E-state index < -0.39 is 17.9 Å². The number of carboxylic acids is 1. The van der Waals surface area contributed by atoms with Crippen molar-refractivity contribution < 1.29 is 24.2 Å². The molecule has 0 aromatic carbocycles. The van der Waals surface area contributed by atoms with Crippen molar-refractivity contribution in [3.8, 4) is 0 Å². The summed E-state index contributed by atoms with van der Waals surface area (Å²) in [5.41, 5.74) is 9.98. The van der Waals surface area contributed by atoms with Gasteiger partial charge in [0.2, 0.25) is 0 Å². The molecule has 228 valence electrons. The number of carboxylic acid groups (broad SMARTS) is 1. The van der Waals surface area contributed by atoms with Crippen LogP contribution >= 0.6 is 0 Å². The average Bonchev–Trinajstić information content (AvgIpc) is 3.72. The molecule has 0 spiro atoms. The molecule has 3 aromatic heterocycles. The van der Waals surface area contributed by atoms with Crippen LogP contribution in [-0.2, 0) is 20.7 Å². The number of nitrogens with one attached hydrogen (secondary N) is 2. The van der Waals surface area contributed by atoms with Gasteiger partial charge < -0.3 is 30.1 Å². The number of nitrogens with zero attached hydrogens (tertiary/aromatic N) is 2. The number of allylic oxidation sites excluding steroid dienone is 2. The zero-order valence-electron chi connectivity index (χ0n) is 26.6. The summed E-state index contributed by atoms with van der Waals surface area (Å²) in [7, 11) is 1.27. The van der Waals surface area contributed by atoms with Crippen LogP contribution in [0.15, 0.2) is 18.0 Å². The first-order valence-corrected chi connectivity index (χ1v) is 14.9. The van der Waals surface area contributed by atoms with Gasteiger partial charge in [-0.05, 0) is 50.8 Å². The second kappa shape index (κ2) is 12.1. The number of esters is 1. The molecule has 8 bridgehead atoms. The summed E-state index contributed by atoms with van der Waals surface area (Å²) in [4.78, 5) is 52.5. The van der Waals surface area contributed by atoms with Gasteiger partial charge in [0.25, 0.3) is 0 Å². The van der Waals surface area contributed by atoms with Gasteiger partial charge in [0, 0.05) is 52.2 Å². The van der Waals surface area contributed by atoms with Crippen LogP contribution < -0.4 is 26.0 Å². The SMILES string of the molecule is C=Cc1c2[nH]c(c1C)/C=C1\N/C(=C3\c4[n-]c(c(C)c4C(=O)[C@@H]3C(=O)OC)/C=c3\[n-]/c(c(C)c3CC)=C\2)[C@@H](CCC(=O)O)[C@@H]1C.[Mg+2].